The van der Waals surface area contributed by atoms with Gasteiger partial charge in [-0.1, -0.05) is 0 Å². The van der Waals surface area contributed by atoms with E-state index in [9.17, 15) is 14.7 Å². The molecule has 138 valence electrons. The fourth-order valence-electron chi connectivity index (χ4n) is 2.74. The minimum Gasteiger partial charge on any atom is -0.497 e. The molecule has 0 saturated carbocycles. The molecule has 0 radical (unpaired) electrons. The predicted molar refractivity (Wildman–Crippen MR) is 91.2 cm³/mol. The monoisotopic (exact) mass is 351 g/mol. The molecule has 1 aliphatic rings. The van der Waals surface area contributed by atoms with E-state index in [1.54, 1.807) is 18.2 Å². The maximum Gasteiger partial charge on any atom is 0.311 e. The minimum absolute atomic E-state index is 0.0532. The van der Waals surface area contributed by atoms with Gasteiger partial charge >= 0.3 is 5.97 Å². The van der Waals surface area contributed by atoms with Gasteiger partial charge in [0.1, 0.15) is 11.5 Å². The molecular formula is C18H25NO6. The number of ether oxygens (including phenoxy) is 3. The molecule has 1 heterocycles. The number of hydrogen-bond acceptors (Lipinski definition) is 5. The number of benzene rings is 1. The Morgan fingerprint density at radius 1 is 1.32 bits per heavy atom. The average molecular weight is 351 g/mol. The number of nitrogens with one attached hydrogen (secondary N) is 1. The first-order valence-electron chi connectivity index (χ1n) is 8.32. The number of hydrogen-bond donors (Lipinski definition) is 2. The lowest BCUT2D eigenvalue weighted by atomic mass is 9.80. The first kappa shape index (κ1) is 19.1. The largest absolute Gasteiger partial charge is 0.497 e. The van der Waals surface area contributed by atoms with Crippen molar-refractivity contribution < 1.29 is 28.9 Å². The first-order chi connectivity index (χ1) is 11.9. The van der Waals surface area contributed by atoms with Crippen LogP contribution in [0, 0.1) is 5.41 Å². The second kappa shape index (κ2) is 8.20. The summed E-state index contributed by atoms with van der Waals surface area (Å²) in [6, 6.07) is 4.93. The van der Waals surface area contributed by atoms with E-state index in [0.717, 1.165) is 0 Å². The molecule has 1 aromatic rings. The van der Waals surface area contributed by atoms with Crippen LogP contribution in [0.5, 0.6) is 11.5 Å². The van der Waals surface area contributed by atoms with Gasteiger partial charge in [0, 0.05) is 25.8 Å². The van der Waals surface area contributed by atoms with Crippen LogP contribution < -0.4 is 14.8 Å². The van der Waals surface area contributed by atoms with E-state index in [4.69, 9.17) is 14.2 Å². The fraction of sp³-hybridized carbons (Fsp3) is 0.556. The van der Waals surface area contributed by atoms with E-state index in [-0.39, 0.29) is 18.6 Å². The van der Waals surface area contributed by atoms with Crippen molar-refractivity contribution in [2.45, 2.75) is 32.8 Å². The lowest BCUT2D eigenvalue weighted by Crippen LogP contribution is -2.46. The Kier molecular flexibility index (Phi) is 6.25. The molecule has 1 aliphatic heterocycles. The molecule has 0 aromatic heterocycles. The van der Waals surface area contributed by atoms with Gasteiger partial charge in [0.15, 0.2) is 0 Å². The summed E-state index contributed by atoms with van der Waals surface area (Å²) in [4.78, 5) is 24.3. The molecule has 2 N–H and O–H groups in total. The van der Waals surface area contributed by atoms with Crippen LogP contribution in [-0.2, 0) is 9.53 Å². The Morgan fingerprint density at radius 3 is 2.56 bits per heavy atom. The van der Waals surface area contributed by atoms with Crippen LogP contribution in [0.3, 0.4) is 0 Å². The molecule has 0 bridgehead atoms. The Labute approximate surface area is 147 Å². The molecule has 25 heavy (non-hydrogen) atoms. The van der Waals surface area contributed by atoms with Crippen LogP contribution >= 0.6 is 0 Å². The molecule has 7 heteroatoms. The molecule has 0 spiro atoms. The second-order valence-corrected chi connectivity index (χ2v) is 6.41. The quantitative estimate of drug-likeness (QED) is 0.781. The van der Waals surface area contributed by atoms with E-state index in [1.165, 1.54) is 7.11 Å². The zero-order valence-corrected chi connectivity index (χ0v) is 14.8. The SMILES string of the molecule is COc1ccc(C(=O)NCC2(C(=O)O)CCOCC2)c(OC(C)C)c1. The number of rotatable bonds is 7. The molecule has 0 atom stereocenters. The number of amides is 1. The lowest BCUT2D eigenvalue weighted by Gasteiger charge is -2.33. The van der Waals surface area contributed by atoms with Gasteiger partial charge < -0.3 is 24.6 Å². The molecule has 1 saturated heterocycles. The van der Waals surface area contributed by atoms with E-state index >= 15 is 0 Å². The Balaban J connectivity index is 2.15. The highest BCUT2D eigenvalue weighted by atomic mass is 16.5. The third kappa shape index (κ3) is 4.63. The van der Waals surface area contributed by atoms with Gasteiger partial charge in [0.25, 0.3) is 5.91 Å². The third-order valence-corrected chi connectivity index (χ3v) is 4.29. The van der Waals surface area contributed by atoms with Crippen molar-refractivity contribution in [3.05, 3.63) is 23.8 Å². The fourth-order valence-corrected chi connectivity index (χ4v) is 2.74. The van der Waals surface area contributed by atoms with Gasteiger partial charge in [-0.3, -0.25) is 9.59 Å². The first-order valence-corrected chi connectivity index (χ1v) is 8.32. The highest BCUT2D eigenvalue weighted by Crippen LogP contribution is 2.31. The number of carboxylic acid groups (broad SMARTS) is 1. The highest BCUT2D eigenvalue weighted by molar-refractivity contribution is 5.97. The highest BCUT2D eigenvalue weighted by Gasteiger charge is 2.40. The van der Waals surface area contributed by atoms with Gasteiger partial charge in [-0.05, 0) is 38.8 Å². The van der Waals surface area contributed by atoms with Crippen molar-refractivity contribution in [3.63, 3.8) is 0 Å². The van der Waals surface area contributed by atoms with Gasteiger partial charge in [0.05, 0.1) is 24.2 Å². The molecule has 1 amide bonds. The summed E-state index contributed by atoms with van der Waals surface area (Å²) in [5.41, 5.74) is -0.637. The maximum absolute atomic E-state index is 12.6. The summed E-state index contributed by atoms with van der Waals surface area (Å²) in [5.74, 6) is -0.295. The van der Waals surface area contributed by atoms with E-state index in [1.807, 2.05) is 13.8 Å². The maximum atomic E-state index is 12.6. The lowest BCUT2D eigenvalue weighted by molar-refractivity contribution is -0.154. The molecule has 7 nitrogen and oxygen atoms in total. The van der Waals surface area contributed by atoms with Crippen LogP contribution in [0.25, 0.3) is 0 Å². The molecule has 1 fully saturated rings. The molecule has 2 rings (SSSR count). The van der Waals surface area contributed by atoms with Gasteiger partial charge in [-0.15, -0.1) is 0 Å². The molecule has 0 unspecified atom stereocenters. The Bertz CT molecular complexity index is 622. The van der Waals surface area contributed by atoms with Crippen molar-refractivity contribution in [1.29, 1.82) is 0 Å². The summed E-state index contributed by atoms with van der Waals surface area (Å²) < 4.78 is 16.1. The van der Waals surface area contributed by atoms with Gasteiger partial charge in [-0.25, -0.2) is 0 Å². The third-order valence-electron chi connectivity index (χ3n) is 4.29. The van der Waals surface area contributed by atoms with Crippen LogP contribution in [0.4, 0.5) is 0 Å². The van der Waals surface area contributed by atoms with E-state index < -0.39 is 11.4 Å². The minimum atomic E-state index is -0.987. The predicted octanol–water partition coefficient (Wildman–Crippen LogP) is 2.09. The van der Waals surface area contributed by atoms with Crippen molar-refractivity contribution in [1.82, 2.24) is 5.32 Å². The van der Waals surface area contributed by atoms with E-state index in [0.29, 0.717) is 43.1 Å². The zero-order chi connectivity index (χ0) is 18.4. The summed E-state index contributed by atoms with van der Waals surface area (Å²) >= 11 is 0. The van der Waals surface area contributed by atoms with Crippen LogP contribution in [0.2, 0.25) is 0 Å². The average Bonchev–Trinajstić information content (AvgIpc) is 2.59. The summed E-state index contributed by atoms with van der Waals surface area (Å²) in [5, 5.41) is 12.3. The van der Waals surface area contributed by atoms with Crippen molar-refractivity contribution >= 4 is 11.9 Å². The Hall–Kier alpha value is -2.28. The number of carbonyl (C=O) groups is 2. The second-order valence-electron chi connectivity index (χ2n) is 6.41. The standard InChI is InChI=1S/C18H25NO6/c1-12(2)25-15-10-13(23-3)4-5-14(15)16(20)19-11-18(17(21)22)6-8-24-9-7-18/h4-5,10,12H,6-9,11H2,1-3H3,(H,19,20)(H,21,22). The smallest absolute Gasteiger partial charge is 0.311 e. The molecule has 1 aromatic carbocycles. The van der Waals surface area contributed by atoms with Crippen molar-refractivity contribution in [3.8, 4) is 11.5 Å². The van der Waals surface area contributed by atoms with Crippen molar-refractivity contribution in [2.24, 2.45) is 5.41 Å². The zero-order valence-electron chi connectivity index (χ0n) is 14.8. The summed E-state index contributed by atoms with van der Waals surface area (Å²) in [6.07, 6.45) is 0.640. The van der Waals surface area contributed by atoms with Crippen LogP contribution in [-0.4, -0.2) is 50.0 Å². The Morgan fingerprint density at radius 2 is 2.00 bits per heavy atom. The number of aliphatic carboxylic acids is 1. The topological polar surface area (TPSA) is 94.1 Å². The van der Waals surface area contributed by atoms with Crippen LogP contribution in [0.1, 0.15) is 37.0 Å². The van der Waals surface area contributed by atoms with Crippen molar-refractivity contribution in [2.75, 3.05) is 26.9 Å². The number of carboxylic acids is 1. The normalized spacial score (nSPS) is 16.3. The molecular weight excluding hydrogens is 326 g/mol. The van der Waals surface area contributed by atoms with Gasteiger partial charge in [0.2, 0.25) is 0 Å². The summed E-state index contributed by atoms with van der Waals surface area (Å²) in [6.45, 7) is 4.54. The number of carbonyl (C=O) groups excluding carboxylic acids is 1. The van der Waals surface area contributed by atoms with E-state index in [2.05, 4.69) is 5.32 Å². The number of methoxy groups -OCH3 is 1. The van der Waals surface area contributed by atoms with Crippen LogP contribution in [0.15, 0.2) is 18.2 Å². The molecule has 0 aliphatic carbocycles. The van der Waals surface area contributed by atoms with Gasteiger partial charge in [-0.2, -0.15) is 0 Å². The summed E-state index contributed by atoms with van der Waals surface area (Å²) in [7, 11) is 1.54.